The third-order valence-electron chi connectivity index (χ3n) is 4.94. The molecule has 0 aliphatic rings. The molecule has 7 nitrogen and oxygen atoms in total. The summed E-state index contributed by atoms with van der Waals surface area (Å²) in [6.45, 7) is 11.4. The first kappa shape index (κ1) is 25.9. The van der Waals surface area contributed by atoms with Crippen molar-refractivity contribution in [3.8, 4) is 0 Å². The van der Waals surface area contributed by atoms with Crippen LogP contribution in [-0.2, 0) is 16.1 Å². The highest BCUT2D eigenvalue weighted by Crippen LogP contribution is 2.16. The fourth-order valence-electron chi connectivity index (χ4n) is 3.23. The van der Waals surface area contributed by atoms with E-state index in [-0.39, 0.29) is 17.7 Å². The van der Waals surface area contributed by atoms with Gasteiger partial charge in [0, 0.05) is 24.8 Å². The van der Waals surface area contributed by atoms with Crippen LogP contribution in [-0.4, -0.2) is 41.5 Å². The number of hydrogen-bond donors (Lipinski definition) is 2. The lowest BCUT2D eigenvalue weighted by Crippen LogP contribution is -2.47. The zero-order valence-electron chi connectivity index (χ0n) is 20.6. The Morgan fingerprint density at radius 1 is 1.03 bits per heavy atom. The Labute approximate surface area is 196 Å². The van der Waals surface area contributed by atoms with Crippen LogP contribution in [0.3, 0.4) is 0 Å². The third-order valence-corrected chi connectivity index (χ3v) is 4.94. The molecule has 0 bridgehead atoms. The van der Waals surface area contributed by atoms with Gasteiger partial charge in [-0.05, 0) is 62.9 Å². The number of carbonyl (C=O) groups excluding carboxylic acids is 3. The van der Waals surface area contributed by atoms with Crippen molar-refractivity contribution in [3.05, 3.63) is 65.2 Å². The Morgan fingerprint density at radius 2 is 1.70 bits per heavy atom. The van der Waals surface area contributed by atoms with Crippen molar-refractivity contribution < 1.29 is 19.1 Å². The van der Waals surface area contributed by atoms with Gasteiger partial charge in [-0.15, -0.1) is 0 Å². The van der Waals surface area contributed by atoms with Crippen LogP contribution >= 0.6 is 0 Å². The van der Waals surface area contributed by atoms with Crippen molar-refractivity contribution in [2.75, 3.05) is 12.4 Å². The summed E-state index contributed by atoms with van der Waals surface area (Å²) >= 11 is 0. The van der Waals surface area contributed by atoms with Crippen LogP contribution in [0, 0.1) is 12.8 Å². The Bertz CT molecular complexity index is 995. The monoisotopic (exact) mass is 453 g/mol. The SMILES string of the molecule is Cc1ccccc1C(=O)NC(C(=O)Nc1cccc(CN(C)C(=O)OC(C)(C)C)c1)C(C)C. The van der Waals surface area contributed by atoms with Gasteiger partial charge in [0.25, 0.3) is 5.91 Å². The molecule has 2 rings (SSSR count). The van der Waals surface area contributed by atoms with E-state index in [9.17, 15) is 14.4 Å². The maximum atomic E-state index is 13.0. The van der Waals surface area contributed by atoms with E-state index in [1.54, 1.807) is 31.3 Å². The molecule has 2 aromatic rings. The average Bonchev–Trinajstić information content (AvgIpc) is 2.70. The van der Waals surface area contributed by atoms with Crippen molar-refractivity contribution in [1.29, 1.82) is 0 Å². The van der Waals surface area contributed by atoms with Crippen LogP contribution in [0.25, 0.3) is 0 Å². The number of ether oxygens (including phenoxy) is 1. The standard InChI is InChI=1S/C26H35N3O4/c1-17(2)22(28-23(30)21-14-9-8-11-18(21)3)24(31)27-20-13-10-12-19(15-20)16-29(7)25(32)33-26(4,5)6/h8-15,17,22H,16H2,1-7H3,(H,27,31)(H,28,30). The highest BCUT2D eigenvalue weighted by atomic mass is 16.6. The van der Waals surface area contributed by atoms with Gasteiger partial charge in [0.05, 0.1) is 0 Å². The molecule has 2 N–H and O–H groups in total. The lowest BCUT2D eigenvalue weighted by molar-refractivity contribution is -0.118. The largest absolute Gasteiger partial charge is 0.444 e. The minimum absolute atomic E-state index is 0.112. The van der Waals surface area contributed by atoms with Gasteiger partial charge in [-0.1, -0.05) is 44.2 Å². The predicted molar refractivity (Wildman–Crippen MR) is 130 cm³/mol. The highest BCUT2D eigenvalue weighted by Gasteiger charge is 2.25. The average molecular weight is 454 g/mol. The van der Waals surface area contributed by atoms with Crippen molar-refractivity contribution >= 4 is 23.6 Å². The Hall–Kier alpha value is -3.35. The molecular formula is C26H35N3O4. The summed E-state index contributed by atoms with van der Waals surface area (Å²) < 4.78 is 5.38. The van der Waals surface area contributed by atoms with E-state index in [4.69, 9.17) is 4.74 Å². The number of hydrogen-bond acceptors (Lipinski definition) is 4. The van der Waals surface area contributed by atoms with Crippen molar-refractivity contribution in [3.63, 3.8) is 0 Å². The van der Waals surface area contributed by atoms with E-state index in [1.165, 1.54) is 4.90 Å². The maximum Gasteiger partial charge on any atom is 0.410 e. The van der Waals surface area contributed by atoms with Gasteiger partial charge in [0.15, 0.2) is 0 Å². The second kappa shape index (κ2) is 11.0. The Morgan fingerprint density at radius 3 is 2.30 bits per heavy atom. The lowest BCUT2D eigenvalue weighted by Gasteiger charge is -2.25. The molecule has 2 aromatic carbocycles. The zero-order valence-corrected chi connectivity index (χ0v) is 20.6. The van der Waals surface area contributed by atoms with Gasteiger partial charge in [0.1, 0.15) is 11.6 Å². The van der Waals surface area contributed by atoms with E-state index in [1.807, 2.05) is 65.8 Å². The molecule has 0 aliphatic carbocycles. The summed E-state index contributed by atoms with van der Waals surface area (Å²) in [6, 6.07) is 13.8. The molecule has 0 radical (unpaired) electrons. The molecule has 7 heteroatoms. The Balaban J connectivity index is 2.07. The predicted octanol–water partition coefficient (Wildman–Crippen LogP) is 4.76. The van der Waals surface area contributed by atoms with Gasteiger partial charge >= 0.3 is 6.09 Å². The van der Waals surface area contributed by atoms with Gasteiger partial charge in [0.2, 0.25) is 5.91 Å². The van der Waals surface area contributed by atoms with E-state index in [0.29, 0.717) is 17.8 Å². The van der Waals surface area contributed by atoms with E-state index >= 15 is 0 Å². The molecule has 33 heavy (non-hydrogen) atoms. The number of rotatable bonds is 7. The number of aryl methyl sites for hydroxylation is 1. The summed E-state index contributed by atoms with van der Waals surface area (Å²) in [5.74, 6) is -0.696. The smallest absolute Gasteiger partial charge is 0.410 e. The molecule has 0 heterocycles. The number of benzene rings is 2. The molecule has 0 saturated heterocycles. The fourth-order valence-corrected chi connectivity index (χ4v) is 3.23. The number of anilines is 1. The maximum absolute atomic E-state index is 13.0. The fraction of sp³-hybridized carbons (Fsp3) is 0.423. The quantitative estimate of drug-likeness (QED) is 0.633. The van der Waals surface area contributed by atoms with Crippen molar-refractivity contribution in [2.24, 2.45) is 5.92 Å². The van der Waals surface area contributed by atoms with E-state index < -0.39 is 17.7 Å². The topological polar surface area (TPSA) is 87.7 Å². The van der Waals surface area contributed by atoms with Crippen LogP contribution < -0.4 is 10.6 Å². The molecule has 0 saturated carbocycles. The summed E-state index contributed by atoms with van der Waals surface area (Å²) in [6.07, 6.45) is -0.421. The minimum Gasteiger partial charge on any atom is -0.444 e. The van der Waals surface area contributed by atoms with Crippen molar-refractivity contribution in [1.82, 2.24) is 10.2 Å². The second-order valence-corrected chi connectivity index (χ2v) is 9.54. The lowest BCUT2D eigenvalue weighted by atomic mass is 10.0. The van der Waals surface area contributed by atoms with Crippen LogP contribution in [0.4, 0.5) is 10.5 Å². The summed E-state index contributed by atoms with van der Waals surface area (Å²) in [7, 11) is 1.66. The number of nitrogens with one attached hydrogen (secondary N) is 2. The highest BCUT2D eigenvalue weighted by molar-refractivity contribution is 6.01. The molecule has 1 unspecified atom stereocenters. The molecule has 3 amide bonds. The van der Waals surface area contributed by atoms with Gasteiger partial charge in [-0.2, -0.15) is 0 Å². The first-order valence-electron chi connectivity index (χ1n) is 11.1. The number of amides is 3. The molecule has 0 aromatic heterocycles. The minimum atomic E-state index is -0.704. The first-order valence-corrected chi connectivity index (χ1v) is 11.1. The third kappa shape index (κ3) is 7.93. The second-order valence-electron chi connectivity index (χ2n) is 9.54. The first-order chi connectivity index (χ1) is 15.4. The molecule has 0 spiro atoms. The molecule has 0 fully saturated rings. The van der Waals surface area contributed by atoms with Crippen molar-refractivity contribution in [2.45, 2.75) is 59.7 Å². The molecule has 1 atom stereocenters. The van der Waals surface area contributed by atoms with Crippen LogP contribution in [0.5, 0.6) is 0 Å². The van der Waals surface area contributed by atoms with Gasteiger partial charge < -0.3 is 20.3 Å². The molecule has 0 aliphatic heterocycles. The normalized spacial score (nSPS) is 12.1. The number of nitrogens with zero attached hydrogens (tertiary/aromatic N) is 1. The molecular weight excluding hydrogens is 418 g/mol. The van der Waals surface area contributed by atoms with Crippen LogP contribution in [0.2, 0.25) is 0 Å². The van der Waals surface area contributed by atoms with Gasteiger partial charge in [-0.3, -0.25) is 9.59 Å². The number of carbonyl (C=O) groups is 3. The van der Waals surface area contributed by atoms with E-state index in [2.05, 4.69) is 10.6 Å². The Kier molecular flexibility index (Phi) is 8.63. The summed E-state index contributed by atoms with van der Waals surface area (Å²) in [5.41, 5.74) is 2.25. The summed E-state index contributed by atoms with van der Waals surface area (Å²) in [5, 5.41) is 5.74. The van der Waals surface area contributed by atoms with E-state index in [0.717, 1.165) is 11.1 Å². The molecule has 178 valence electrons. The zero-order chi connectivity index (χ0) is 24.8. The summed E-state index contributed by atoms with van der Waals surface area (Å²) in [4.78, 5) is 39.4. The van der Waals surface area contributed by atoms with Crippen LogP contribution in [0.1, 0.15) is 56.1 Å². The van der Waals surface area contributed by atoms with Crippen LogP contribution in [0.15, 0.2) is 48.5 Å². The van der Waals surface area contributed by atoms with Gasteiger partial charge in [-0.25, -0.2) is 4.79 Å².